The van der Waals surface area contributed by atoms with Crippen LogP contribution in [0.15, 0.2) is 40.9 Å². The molecule has 0 atom stereocenters. The van der Waals surface area contributed by atoms with Crippen molar-refractivity contribution in [3.63, 3.8) is 0 Å². The third kappa shape index (κ3) is 2.99. The molecule has 24 heavy (non-hydrogen) atoms. The summed E-state index contributed by atoms with van der Waals surface area (Å²) in [6, 6.07) is 8.84. The van der Waals surface area contributed by atoms with E-state index in [2.05, 4.69) is 5.10 Å². The molecule has 3 aromatic rings. The highest BCUT2D eigenvalue weighted by atomic mass is 19.4. The average molecular weight is 338 g/mol. The van der Waals surface area contributed by atoms with E-state index in [4.69, 9.17) is 9.15 Å². The predicted octanol–water partition coefficient (Wildman–Crippen LogP) is 4.03. The van der Waals surface area contributed by atoms with Crippen LogP contribution in [0.4, 0.5) is 13.2 Å². The van der Waals surface area contributed by atoms with Crippen LogP contribution in [0.1, 0.15) is 28.7 Å². The summed E-state index contributed by atoms with van der Waals surface area (Å²) in [4.78, 5) is 12.0. The van der Waals surface area contributed by atoms with Gasteiger partial charge in [-0.15, -0.1) is 0 Å². The van der Waals surface area contributed by atoms with Gasteiger partial charge in [0.2, 0.25) is 0 Å². The quantitative estimate of drug-likeness (QED) is 0.674. The maximum atomic E-state index is 13.1. The lowest BCUT2D eigenvalue weighted by Crippen LogP contribution is -2.18. The number of para-hydroxylation sites is 1. The first-order valence-corrected chi connectivity index (χ1v) is 7.17. The lowest BCUT2D eigenvalue weighted by molar-refractivity contribution is -0.144. The van der Waals surface area contributed by atoms with E-state index >= 15 is 0 Å². The summed E-state index contributed by atoms with van der Waals surface area (Å²) in [5.41, 5.74) is -1.11. The highest BCUT2D eigenvalue weighted by Crippen LogP contribution is 2.32. The number of hydrogen-bond acceptors (Lipinski definition) is 4. The van der Waals surface area contributed by atoms with E-state index in [1.165, 1.54) is 6.92 Å². The Labute approximate surface area is 134 Å². The van der Waals surface area contributed by atoms with E-state index in [9.17, 15) is 18.0 Å². The number of fused-ring (bicyclic) bond motifs is 1. The Morgan fingerprint density at radius 1 is 1.33 bits per heavy atom. The van der Waals surface area contributed by atoms with E-state index < -0.39 is 23.4 Å². The molecule has 0 saturated carbocycles. The number of halogens is 3. The molecule has 0 spiro atoms. The van der Waals surface area contributed by atoms with Gasteiger partial charge in [-0.3, -0.25) is 4.68 Å². The summed E-state index contributed by atoms with van der Waals surface area (Å²) < 4.78 is 50.4. The number of rotatable bonds is 4. The second-order valence-electron chi connectivity index (χ2n) is 5.05. The molecule has 0 saturated heterocycles. The standard InChI is InChI=1S/C16H13F3N2O3/c1-2-21-14(16(17,18)19)12(8-20-21)15(22)23-9-11-7-10-5-3-4-6-13(10)24-11/h3-8H,2,9H2,1H3. The highest BCUT2D eigenvalue weighted by molar-refractivity contribution is 5.90. The molecule has 8 heteroatoms. The number of carbonyl (C=O) groups is 1. The largest absolute Gasteiger partial charge is 0.457 e. The topological polar surface area (TPSA) is 57.3 Å². The van der Waals surface area contributed by atoms with Gasteiger partial charge in [-0.05, 0) is 19.1 Å². The Bertz CT molecular complexity index is 847. The molecule has 0 radical (unpaired) electrons. The van der Waals surface area contributed by atoms with Crippen molar-refractivity contribution in [3.8, 4) is 0 Å². The van der Waals surface area contributed by atoms with Gasteiger partial charge in [-0.25, -0.2) is 4.79 Å². The van der Waals surface area contributed by atoms with Crippen LogP contribution in [-0.2, 0) is 24.1 Å². The molecule has 0 aliphatic heterocycles. The summed E-state index contributed by atoms with van der Waals surface area (Å²) in [5, 5.41) is 4.40. The van der Waals surface area contributed by atoms with Crippen molar-refractivity contribution in [2.75, 3.05) is 0 Å². The number of alkyl halides is 3. The molecular formula is C16H13F3N2O3. The van der Waals surface area contributed by atoms with E-state index in [0.29, 0.717) is 11.3 Å². The lowest BCUT2D eigenvalue weighted by Gasteiger charge is -2.10. The summed E-state index contributed by atoms with van der Waals surface area (Å²) >= 11 is 0. The van der Waals surface area contributed by atoms with Crippen molar-refractivity contribution in [2.24, 2.45) is 0 Å². The second kappa shape index (κ2) is 6.03. The second-order valence-corrected chi connectivity index (χ2v) is 5.05. The van der Waals surface area contributed by atoms with Crippen LogP contribution in [0, 0.1) is 0 Å². The normalized spacial score (nSPS) is 11.8. The fraction of sp³-hybridized carbons (Fsp3) is 0.250. The lowest BCUT2D eigenvalue weighted by atomic mass is 10.2. The minimum absolute atomic E-state index is 0.00824. The number of ether oxygens (including phenoxy) is 1. The van der Waals surface area contributed by atoms with Crippen molar-refractivity contribution in [1.29, 1.82) is 0 Å². The fourth-order valence-corrected chi connectivity index (χ4v) is 2.40. The van der Waals surface area contributed by atoms with Gasteiger partial charge in [0.25, 0.3) is 0 Å². The molecule has 0 unspecified atom stereocenters. The van der Waals surface area contributed by atoms with Crippen LogP contribution >= 0.6 is 0 Å². The predicted molar refractivity (Wildman–Crippen MR) is 78.2 cm³/mol. The van der Waals surface area contributed by atoms with Crippen LogP contribution in [0.25, 0.3) is 11.0 Å². The molecule has 0 bridgehead atoms. The average Bonchev–Trinajstić information content (AvgIpc) is 3.15. The molecule has 3 rings (SSSR count). The van der Waals surface area contributed by atoms with Crippen molar-refractivity contribution in [3.05, 3.63) is 53.5 Å². The molecule has 0 amide bonds. The van der Waals surface area contributed by atoms with Crippen molar-refractivity contribution in [2.45, 2.75) is 26.3 Å². The van der Waals surface area contributed by atoms with Gasteiger partial charge in [0.1, 0.15) is 23.5 Å². The smallest absolute Gasteiger partial charge is 0.433 e. The van der Waals surface area contributed by atoms with E-state index in [1.54, 1.807) is 18.2 Å². The van der Waals surface area contributed by atoms with Gasteiger partial charge in [0, 0.05) is 11.9 Å². The minimum atomic E-state index is -4.69. The van der Waals surface area contributed by atoms with Gasteiger partial charge in [0.15, 0.2) is 5.69 Å². The zero-order valence-corrected chi connectivity index (χ0v) is 12.6. The van der Waals surface area contributed by atoms with Crippen molar-refractivity contribution in [1.82, 2.24) is 9.78 Å². The molecule has 0 aliphatic carbocycles. The fourth-order valence-electron chi connectivity index (χ4n) is 2.40. The van der Waals surface area contributed by atoms with Crippen LogP contribution in [0.5, 0.6) is 0 Å². The molecule has 5 nitrogen and oxygen atoms in total. The van der Waals surface area contributed by atoms with Crippen LogP contribution in [0.3, 0.4) is 0 Å². The van der Waals surface area contributed by atoms with Gasteiger partial charge in [0.05, 0.1) is 6.20 Å². The van der Waals surface area contributed by atoms with E-state index in [0.717, 1.165) is 16.3 Å². The van der Waals surface area contributed by atoms with Gasteiger partial charge in [-0.1, -0.05) is 18.2 Å². The molecule has 2 aromatic heterocycles. The third-order valence-corrected chi connectivity index (χ3v) is 3.45. The Hall–Kier alpha value is -2.77. The Balaban J connectivity index is 1.79. The van der Waals surface area contributed by atoms with E-state index in [1.807, 2.05) is 12.1 Å². The first kappa shape index (κ1) is 16.1. The summed E-state index contributed by atoms with van der Waals surface area (Å²) in [6.07, 6.45) is -3.83. The highest BCUT2D eigenvalue weighted by Gasteiger charge is 2.40. The zero-order valence-electron chi connectivity index (χ0n) is 12.6. The Kier molecular flexibility index (Phi) is 4.04. The summed E-state index contributed by atoms with van der Waals surface area (Å²) in [7, 11) is 0. The molecule has 0 fully saturated rings. The maximum absolute atomic E-state index is 13.1. The van der Waals surface area contributed by atoms with E-state index in [-0.39, 0.29) is 13.2 Å². The maximum Gasteiger partial charge on any atom is 0.433 e. The minimum Gasteiger partial charge on any atom is -0.457 e. The number of furan rings is 1. The molecule has 126 valence electrons. The zero-order chi connectivity index (χ0) is 17.3. The van der Waals surface area contributed by atoms with Gasteiger partial charge < -0.3 is 9.15 Å². The number of nitrogens with zero attached hydrogens (tertiary/aromatic N) is 2. The number of aromatic nitrogens is 2. The number of esters is 1. The first-order valence-electron chi connectivity index (χ1n) is 7.17. The van der Waals surface area contributed by atoms with Crippen molar-refractivity contribution < 1.29 is 27.1 Å². The van der Waals surface area contributed by atoms with Crippen LogP contribution in [-0.4, -0.2) is 15.7 Å². The van der Waals surface area contributed by atoms with Gasteiger partial charge >= 0.3 is 12.1 Å². The summed E-state index contributed by atoms with van der Waals surface area (Å²) in [5.74, 6) is -0.747. The number of carbonyl (C=O) groups excluding carboxylic acids is 1. The van der Waals surface area contributed by atoms with Gasteiger partial charge in [-0.2, -0.15) is 18.3 Å². The number of benzene rings is 1. The number of aryl methyl sites for hydroxylation is 1. The Morgan fingerprint density at radius 2 is 2.08 bits per heavy atom. The monoisotopic (exact) mass is 338 g/mol. The Morgan fingerprint density at radius 3 is 2.75 bits per heavy atom. The molecule has 2 heterocycles. The number of hydrogen-bond donors (Lipinski definition) is 0. The van der Waals surface area contributed by atoms with Crippen LogP contribution < -0.4 is 0 Å². The SMILES string of the molecule is CCn1ncc(C(=O)OCc2cc3ccccc3o2)c1C(F)(F)F. The molecular weight excluding hydrogens is 325 g/mol. The van der Waals surface area contributed by atoms with Crippen LogP contribution in [0.2, 0.25) is 0 Å². The molecule has 0 N–H and O–H groups in total. The molecule has 1 aromatic carbocycles. The first-order chi connectivity index (χ1) is 11.4. The molecule has 0 aliphatic rings. The van der Waals surface area contributed by atoms with Crippen molar-refractivity contribution >= 4 is 16.9 Å². The third-order valence-electron chi connectivity index (χ3n) is 3.45. The summed E-state index contributed by atoms with van der Waals surface area (Å²) in [6.45, 7) is 1.24.